The molecule has 1 aliphatic rings. The lowest BCUT2D eigenvalue weighted by molar-refractivity contribution is 0.0652. The number of hydrogen-bond donors (Lipinski definition) is 0. The molecule has 2 aromatic carbocycles. The van der Waals surface area contributed by atoms with E-state index >= 15 is 0 Å². The smallest absolute Gasteiger partial charge is 0.253 e. The van der Waals surface area contributed by atoms with Gasteiger partial charge in [-0.05, 0) is 35.1 Å². The maximum absolute atomic E-state index is 12.6. The Bertz CT molecular complexity index is 1170. The van der Waals surface area contributed by atoms with Crippen molar-refractivity contribution in [3.05, 3.63) is 72.8 Å². The molecule has 0 N–H and O–H groups in total. The number of aromatic nitrogens is 3. The molecule has 0 saturated carbocycles. The molecular formula is C23H20N4O. The summed E-state index contributed by atoms with van der Waals surface area (Å²) in [4.78, 5) is 18.9. The second-order valence-electron chi connectivity index (χ2n) is 7.25. The molecule has 138 valence electrons. The van der Waals surface area contributed by atoms with Crippen LogP contribution in [0.5, 0.6) is 0 Å². The van der Waals surface area contributed by atoms with Crippen LogP contribution >= 0.6 is 0 Å². The number of fused-ring (bicyclic) bond motifs is 1. The normalized spacial score (nSPS) is 13.5. The molecule has 1 saturated heterocycles. The van der Waals surface area contributed by atoms with Crippen molar-refractivity contribution in [2.45, 2.75) is 6.42 Å². The van der Waals surface area contributed by atoms with Crippen LogP contribution in [0.25, 0.3) is 33.0 Å². The van der Waals surface area contributed by atoms with Crippen molar-refractivity contribution in [2.75, 3.05) is 13.1 Å². The zero-order chi connectivity index (χ0) is 19.1. The Balaban J connectivity index is 1.55. The third-order valence-corrected chi connectivity index (χ3v) is 5.39. The van der Waals surface area contributed by atoms with E-state index in [0.29, 0.717) is 0 Å². The zero-order valence-electron chi connectivity index (χ0n) is 15.7. The third-order valence-electron chi connectivity index (χ3n) is 5.39. The molecule has 5 nitrogen and oxygen atoms in total. The fourth-order valence-electron chi connectivity index (χ4n) is 3.64. The molecule has 0 bridgehead atoms. The largest absolute Gasteiger partial charge is 0.339 e. The summed E-state index contributed by atoms with van der Waals surface area (Å²) in [5.41, 5.74) is 5.07. The van der Waals surface area contributed by atoms with E-state index in [1.807, 2.05) is 54.9 Å². The number of amides is 1. The fourth-order valence-corrected chi connectivity index (χ4v) is 3.64. The van der Waals surface area contributed by atoms with E-state index in [4.69, 9.17) is 0 Å². The van der Waals surface area contributed by atoms with Gasteiger partial charge in [0.25, 0.3) is 5.91 Å². The second-order valence-corrected chi connectivity index (χ2v) is 7.25. The molecule has 5 rings (SSSR count). The predicted octanol–water partition coefficient (Wildman–Crippen LogP) is 4.15. The number of carbonyl (C=O) groups excluding carboxylic acids is 1. The standard InChI is InChI=1S/C23H20N4O/c1-26-15-20(13-25-26)16-3-5-17(6-4-16)22-14-24-12-19-8-7-18(11-21(19)22)23(28)27-9-2-10-27/h3-8,11-15H,2,9-10H2,1H3. The molecule has 1 fully saturated rings. The highest BCUT2D eigenvalue weighted by Gasteiger charge is 2.22. The summed E-state index contributed by atoms with van der Waals surface area (Å²) in [6.07, 6.45) is 8.68. The van der Waals surface area contributed by atoms with Crippen LogP contribution in [0.15, 0.2) is 67.3 Å². The van der Waals surface area contributed by atoms with Gasteiger partial charge in [0.05, 0.1) is 6.20 Å². The number of pyridine rings is 1. The summed E-state index contributed by atoms with van der Waals surface area (Å²) < 4.78 is 1.80. The molecule has 1 amide bonds. The number of hydrogen-bond acceptors (Lipinski definition) is 3. The highest BCUT2D eigenvalue weighted by Crippen LogP contribution is 2.31. The molecule has 1 aliphatic heterocycles. The van der Waals surface area contributed by atoms with Crippen molar-refractivity contribution in [3.8, 4) is 22.3 Å². The Morgan fingerprint density at radius 1 is 0.929 bits per heavy atom. The van der Waals surface area contributed by atoms with Crippen LogP contribution in [0.2, 0.25) is 0 Å². The van der Waals surface area contributed by atoms with E-state index < -0.39 is 0 Å². The first-order valence-electron chi connectivity index (χ1n) is 9.45. The van der Waals surface area contributed by atoms with Crippen LogP contribution in [0.3, 0.4) is 0 Å². The van der Waals surface area contributed by atoms with Crippen molar-refractivity contribution in [1.82, 2.24) is 19.7 Å². The van der Waals surface area contributed by atoms with Gasteiger partial charge >= 0.3 is 0 Å². The van der Waals surface area contributed by atoms with Crippen LogP contribution in [-0.2, 0) is 7.05 Å². The molecule has 0 unspecified atom stereocenters. The van der Waals surface area contributed by atoms with Crippen LogP contribution < -0.4 is 0 Å². The van der Waals surface area contributed by atoms with Gasteiger partial charge in [-0.1, -0.05) is 30.3 Å². The molecule has 4 aromatic rings. The molecule has 28 heavy (non-hydrogen) atoms. The number of nitrogens with zero attached hydrogens (tertiary/aromatic N) is 4. The van der Waals surface area contributed by atoms with Crippen molar-refractivity contribution in [2.24, 2.45) is 7.05 Å². The highest BCUT2D eigenvalue weighted by atomic mass is 16.2. The van der Waals surface area contributed by atoms with Crippen LogP contribution in [-0.4, -0.2) is 38.7 Å². The fraction of sp³-hybridized carbons (Fsp3) is 0.174. The minimum absolute atomic E-state index is 0.114. The molecule has 5 heteroatoms. The SMILES string of the molecule is Cn1cc(-c2ccc(-c3cncc4ccc(C(=O)N5CCC5)cc34)cc2)cn1. The van der Waals surface area contributed by atoms with Crippen molar-refractivity contribution in [3.63, 3.8) is 0 Å². The first-order chi connectivity index (χ1) is 13.7. The Kier molecular flexibility index (Phi) is 3.93. The summed E-state index contributed by atoms with van der Waals surface area (Å²) in [6.45, 7) is 1.71. The number of benzene rings is 2. The Morgan fingerprint density at radius 2 is 1.71 bits per heavy atom. The van der Waals surface area contributed by atoms with E-state index in [9.17, 15) is 4.79 Å². The number of likely N-dealkylation sites (tertiary alicyclic amines) is 1. The van der Waals surface area contributed by atoms with Gasteiger partial charge in [-0.3, -0.25) is 14.5 Å². The van der Waals surface area contributed by atoms with Crippen molar-refractivity contribution in [1.29, 1.82) is 0 Å². The number of carbonyl (C=O) groups is 1. The van der Waals surface area contributed by atoms with Crippen molar-refractivity contribution < 1.29 is 4.79 Å². The third kappa shape index (κ3) is 2.85. The number of aryl methyl sites for hydroxylation is 1. The molecule has 0 spiro atoms. The summed E-state index contributed by atoms with van der Waals surface area (Å²) in [5.74, 6) is 0.114. The summed E-state index contributed by atoms with van der Waals surface area (Å²) in [7, 11) is 1.92. The lowest BCUT2D eigenvalue weighted by Crippen LogP contribution is -2.41. The van der Waals surface area contributed by atoms with Crippen LogP contribution in [0, 0.1) is 0 Å². The van der Waals surface area contributed by atoms with E-state index in [1.165, 1.54) is 0 Å². The van der Waals surface area contributed by atoms with Crippen molar-refractivity contribution >= 4 is 16.7 Å². The highest BCUT2D eigenvalue weighted by molar-refractivity contribution is 6.03. The number of rotatable bonds is 3. The summed E-state index contributed by atoms with van der Waals surface area (Å²) in [6, 6.07) is 14.3. The van der Waals surface area contributed by atoms with E-state index in [1.54, 1.807) is 4.68 Å². The molecule has 0 radical (unpaired) electrons. The minimum Gasteiger partial charge on any atom is -0.339 e. The van der Waals surface area contributed by atoms with Gasteiger partial charge in [0, 0.05) is 60.8 Å². The molecule has 0 atom stereocenters. The van der Waals surface area contributed by atoms with Gasteiger partial charge < -0.3 is 4.90 Å². The van der Waals surface area contributed by atoms with Crippen LogP contribution in [0.4, 0.5) is 0 Å². The van der Waals surface area contributed by atoms with Gasteiger partial charge in [0.2, 0.25) is 0 Å². The Labute approximate surface area is 163 Å². The monoisotopic (exact) mass is 368 g/mol. The maximum atomic E-state index is 12.6. The summed E-state index contributed by atoms with van der Waals surface area (Å²) in [5, 5.41) is 6.32. The van der Waals surface area contributed by atoms with E-state index in [-0.39, 0.29) is 5.91 Å². The molecular weight excluding hydrogens is 348 g/mol. The first kappa shape index (κ1) is 16.7. The van der Waals surface area contributed by atoms with Gasteiger partial charge in [-0.2, -0.15) is 5.10 Å². The van der Waals surface area contributed by atoms with Gasteiger partial charge in [-0.25, -0.2) is 0 Å². The molecule has 3 heterocycles. The Morgan fingerprint density at radius 3 is 2.39 bits per heavy atom. The average Bonchev–Trinajstić information content (AvgIpc) is 3.12. The maximum Gasteiger partial charge on any atom is 0.253 e. The lowest BCUT2D eigenvalue weighted by Gasteiger charge is -2.31. The van der Waals surface area contributed by atoms with Gasteiger partial charge in [0.1, 0.15) is 0 Å². The lowest BCUT2D eigenvalue weighted by atomic mass is 9.97. The second kappa shape index (κ2) is 6.60. The molecule has 2 aromatic heterocycles. The topological polar surface area (TPSA) is 51.0 Å². The average molecular weight is 368 g/mol. The first-order valence-corrected chi connectivity index (χ1v) is 9.45. The van der Waals surface area contributed by atoms with Gasteiger partial charge in [-0.15, -0.1) is 0 Å². The summed E-state index contributed by atoms with van der Waals surface area (Å²) >= 11 is 0. The minimum atomic E-state index is 0.114. The zero-order valence-corrected chi connectivity index (χ0v) is 15.7. The Hall–Kier alpha value is -3.47. The van der Waals surface area contributed by atoms with Gasteiger partial charge in [0.15, 0.2) is 0 Å². The predicted molar refractivity (Wildman–Crippen MR) is 110 cm³/mol. The van der Waals surface area contributed by atoms with Crippen LogP contribution in [0.1, 0.15) is 16.8 Å². The van der Waals surface area contributed by atoms with E-state index in [0.717, 1.165) is 58.1 Å². The van der Waals surface area contributed by atoms with E-state index in [2.05, 4.69) is 34.3 Å². The quantitative estimate of drug-likeness (QED) is 0.546. The molecule has 0 aliphatic carbocycles.